The first-order chi connectivity index (χ1) is 4.74. The van der Waals surface area contributed by atoms with E-state index in [-0.39, 0.29) is 19.8 Å². The molecule has 0 saturated carbocycles. The summed E-state index contributed by atoms with van der Waals surface area (Å²) in [6.45, 7) is 0. The van der Waals surface area contributed by atoms with Crippen LogP contribution in [0.15, 0.2) is 18.2 Å². The molecule has 0 atom stereocenters. The number of hydrogen-bond donors (Lipinski definition) is 2. The molecule has 0 spiro atoms. The molecule has 0 radical (unpaired) electrons. The fourth-order valence-corrected chi connectivity index (χ4v) is 1.88. The molecule has 0 amide bonds. The van der Waals surface area contributed by atoms with Gasteiger partial charge in [0.15, 0.2) is 0 Å². The SMILES string of the molecule is Nc1cc([As]=S)ccc1O. The van der Waals surface area contributed by atoms with Crippen molar-refractivity contribution in [2.24, 2.45) is 0 Å². The fraction of sp³-hybridized carbons (Fsp3) is 0. The Morgan fingerprint density at radius 2 is 2.20 bits per heavy atom. The van der Waals surface area contributed by atoms with E-state index in [2.05, 4.69) is 0 Å². The molecule has 2 nitrogen and oxygen atoms in total. The molecule has 0 aromatic heterocycles. The quantitative estimate of drug-likeness (QED) is 0.405. The standard InChI is InChI=1S/C6H6AsNOS/c8-5-3-4(7-10)1-2-6(5)9/h1-3,9H,8H2. The summed E-state index contributed by atoms with van der Waals surface area (Å²) in [5.74, 6) is 0.133. The van der Waals surface area contributed by atoms with Crippen LogP contribution in [0.5, 0.6) is 5.75 Å². The average Bonchev–Trinajstić information content (AvgIpc) is 1.95. The van der Waals surface area contributed by atoms with Crippen molar-refractivity contribution >= 4 is 34.5 Å². The Morgan fingerprint density at radius 1 is 1.50 bits per heavy atom. The van der Waals surface area contributed by atoms with Gasteiger partial charge in [-0.3, -0.25) is 0 Å². The number of phenols is 1. The zero-order valence-electron chi connectivity index (χ0n) is 5.11. The first-order valence-corrected chi connectivity index (χ1v) is 6.26. The summed E-state index contributed by atoms with van der Waals surface area (Å²) in [5.41, 5.74) is 5.83. The van der Waals surface area contributed by atoms with E-state index in [1.165, 1.54) is 0 Å². The van der Waals surface area contributed by atoms with Gasteiger partial charge in [0.1, 0.15) is 0 Å². The van der Waals surface area contributed by atoms with Crippen molar-refractivity contribution in [2.45, 2.75) is 0 Å². The summed E-state index contributed by atoms with van der Waals surface area (Å²) >= 11 is -0.201. The number of nitrogen functional groups attached to an aromatic ring is 1. The summed E-state index contributed by atoms with van der Waals surface area (Å²) in [6.07, 6.45) is 0. The second-order valence-electron chi connectivity index (χ2n) is 1.83. The number of phenolic OH excluding ortho intramolecular Hbond substituents is 1. The van der Waals surface area contributed by atoms with Gasteiger partial charge in [0.05, 0.1) is 0 Å². The summed E-state index contributed by atoms with van der Waals surface area (Å²) < 4.78 is 1.06. The number of benzene rings is 1. The van der Waals surface area contributed by atoms with Gasteiger partial charge in [-0.2, -0.15) is 0 Å². The zero-order chi connectivity index (χ0) is 7.56. The number of anilines is 1. The molecular formula is C6H6AsNOS. The molecule has 10 heavy (non-hydrogen) atoms. The van der Waals surface area contributed by atoms with E-state index in [1.807, 2.05) is 0 Å². The Morgan fingerprint density at radius 3 is 2.70 bits per heavy atom. The number of hydrogen-bond acceptors (Lipinski definition) is 3. The fourth-order valence-electron chi connectivity index (χ4n) is 0.599. The van der Waals surface area contributed by atoms with Gasteiger partial charge in [0.25, 0.3) is 0 Å². The van der Waals surface area contributed by atoms with Crippen molar-refractivity contribution in [1.82, 2.24) is 0 Å². The van der Waals surface area contributed by atoms with E-state index in [0.29, 0.717) is 5.69 Å². The van der Waals surface area contributed by atoms with Gasteiger partial charge in [-0.25, -0.2) is 0 Å². The van der Waals surface area contributed by atoms with Gasteiger partial charge in [0, 0.05) is 0 Å². The van der Waals surface area contributed by atoms with Crippen LogP contribution < -0.4 is 10.1 Å². The maximum atomic E-state index is 8.99. The van der Waals surface area contributed by atoms with Gasteiger partial charge in [-0.1, -0.05) is 0 Å². The Bertz CT molecular complexity index is 264. The predicted octanol–water partition coefficient (Wildman–Crippen LogP) is 0.416. The third kappa shape index (κ3) is 1.55. The Kier molecular flexibility index (Phi) is 2.41. The molecule has 0 aliphatic rings. The van der Waals surface area contributed by atoms with Crippen molar-refractivity contribution in [3.63, 3.8) is 0 Å². The van der Waals surface area contributed by atoms with Crippen LogP contribution >= 0.6 is 10.4 Å². The van der Waals surface area contributed by atoms with Crippen LogP contribution in [0, 0.1) is 0 Å². The molecule has 52 valence electrons. The van der Waals surface area contributed by atoms with Gasteiger partial charge >= 0.3 is 69.3 Å². The molecule has 1 aromatic rings. The zero-order valence-corrected chi connectivity index (χ0v) is 7.81. The van der Waals surface area contributed by atoms with Gasteiger partial charge < -0.3 is 0 Å². The van der Waals surface area contributed by atoms with E-state index >= 15 is 0 Å². The van der Waals surface area contributed by atoms with Crippen LogP contribution in [0.2, 0.25) is 0 Å². The normalized spacial score (nSPS) is 10.0. The van der Waals surface area contributed by atoms with Gasteiger partial charge in [-0.15, -0.1) is 0 Å². The topological polar surface area (TPSA) is 46.2 Å². The van der Waals surface area contributed by atoms with Crippen LogP contribution in [0.25, 0.3) is 0 Å². The van der Waals surface area contributed by atoms with Crippen molar-refractivity contribution in [3.05, 3.63) is 18.2 Å². The third-order valence-corrected chi connectivity index (χ3v) is 3.24. The van der Waals surface area contributed by atoms with Crippen molar-refractivity contribution < 1.29 is 5.11 Å². The minimum atomic E-state index is -0.201. The molecule has 0 aliphatic carbocycles. The molecule has 3 N–H and O–H groups in total. The number of rotatable bonds is 1. The Labute approximate surface area is 69.5 Å². The van der Waals surface area contributed by atoms with Crippen molar-refractivity contribution in [1.29, 1.82) is 0 Å². The van der Waals surface area contributed by atoms with Crippen LogP contribution in [0.3, 0.4) is 0 Å². The first kappa shape index (κ1) is 7.70. The molecule has 4 heteroatoms. The van der Waals surface area contributed by atoms with E-state index in [0.717, 1.165) is 4.35 Å². The molecule has 0 saturated heterocycles. The molecule has 0 heterocycles. The molecule has 1 rings (SSSR count). The Hall–Kier alpha value is -0.402. The summed E-state index contributed by atoms with van der Waals surface area (Å²) in [4.78, 5) is 0. The van der Waals surface area contributed by atoms with Crippen molar-refractivity contribution in [2.75, 3.05) is 5.73 Å². The Balaban J connectivity index is 3.16. The molecule has 0 fully saturated rings. The summed E-state index contributed by atoms with van der Waals surface area (Å²) in [6, 6.07) is 5.10. The van der Waals surface area contributed by atoms with Crippen molar-refractivity contribution in [3.8, 4) is 5.75 Å². The van der Waals surface area contributed by atoms with Crippen LogP contribution in [-0.2, 0) is 0 Å². The molecule has 0 unspecified atom stereocenters. The van der Waals surface area contributed by atoms with Crippen LogP contribution in [-0.4, -0.2) is 19.2 Å². The number of aromatic hydroxyl groups is 1. The van der Waals surface area contributed by atoms with E-state index in [9.17, 15) is 0 Å². The van der Waals surface area contributed by atoms with E-state index < -0.39 is 0 Å². The van der Waals surface area contributed by atoms with Gasteiger partial charge in [-0.05, 0) is 0 Å². The minimum absolute atomic E-state index is 0.133. The summed E-state index contributed by atoms with van der Waals surface area (Å²) in [5, 5.41) is 8.99. The molecule has 0 aliphatic heterocycles. The second kappa shape index (κ2) is 3.13. The monoisotopic (exact) mass is 215 g/mol. The third-order valence-electron chi connectivity index (χ3n) is 1.12. The second-order valence-corrected chi connectivity index (χ2v) is 4.25. The molecule has 1 aromatic carbocycles. The first-order valence-electron chi connectivity index (χ1n) is 2.66. The van der Waals surface area contributed by atoms with E-state index in [4.69, 9.17) is 21.2 Å². The molecule has 0 bridgehead atoms. The molecular weight excluding hydrogens is 209 g/mol. The maximum absolute atomic E-state index is 8.99. The van der Waals surface area contributed by atoms with Crippen LogP contribution in [0.4, 0.5) is 5.69 Å². The van der Waals surface area contributed by atoms with Gasteiger partial charge in [0.2, 0.25) is 0 Å². The predicted molar refractivity (Wildman–Crippen MR) is 45.5 cm³/mol. The summed E-state index contributed by atoms with van der Waals surface area (Å²) in [7, 11) is 4.88. The van der Waals surface area contributed by atoms with Crippen LogP contribution in [0.1, 0.15) is 0 Å². The van der Waals surface area contributed by atoms with E-state index in [1.54, 1.807) is 18.2 Å². The number of nitrogens with two attached hydrogens (primary N) is 1. The average molecular weight is 215 g/mol.